The van der Waals surface area contributed by atoms with E-state index in [-0.39, 0.29) is 30.9 Å². The quantitative estimate of drug-likeness (QED) is 0.0718. The molecule has 18 heteroatoms. The molecule has 0 aliphatic carbocycles. The number of benzene rings is 1. The number of esters is 1. The summed E-state index contributed by atoms with van der Waals surface area (Å²) in [5, 5.41) is 35.8. The van der Waals surface area contributed by atoms with Gasteiger partial charge in [0.15, 0.2) is 0 Å². The normalized spacial score (nSPS) is 25.1. The Kier molecular flexibility index (Phi) is 24.4. The Bertz CT molecular complexity index is 1690. The van der Waals surface area contributed by atoms with Crippen molar-refractivity contribution in [2.45, 2.75) is 193 Å². The van der Waals surface area contributed by atoms with E-state index < -0.39 is 108 Å². The van der Waals surface area contributed by atoms with Crippen LogP contribution in [0.3, 0.4) is 0 Å². The van der Waals surface area contributed by atoms with Crippen LogP contribution in [0, 0.1) is 11.8 Å². The number of unbranched alkanes of at least 4 members (excludes halogenated alkanes) is 8. The highest BCUT2D eigenvalue weighted by Gasteiger charge is 2.37. The molecule has 1 aliphatic rings. The van der Waals surface area contributed by atoms with Gasteiger partial charge in [-0.15, -0.1) is 0 Å². The van der Waals surface area contributed by atoms with Crippen molar-refractivity contribution in [3.8, 4) is 5.75 Å². The van der Waals surface area contributed by atoms with Crippen LogP contribution in [0.1, 0.15) is 144 Å². The average Bonchev–Trinajstić information content (AvgIpc) is 3.24. The highest BCUT2D eigenvalue weighted by Crippen LogP contribution is 2.23. The molecule has 1 aromatic carbocycles. The number of hydrogen-bond acceptors (Lipinski definition) is 11. The first kappa shape index (κ1) is 54.9. The van der Waals surface area contributed by atoms with Crippen molar-refractivity contribution in [2.24, 2.45) is 17.6 Å². The van der Waals surface area contributed by atoms with Crippen LogP contribution in [0.25, 0.3) is 0 Å². The van der Waals surface area contributed by atoms with E-state index in [2.05, 4.69) is 38.8 Å². The number of aliphatic hydroxyl groups is 1. The first-order valence-electron chi connectivity index (χ1n) is 23.0. The number of nitrogens with one attached hydrogen (secondary N) is 6. The standard InChI is InChI=1S/C46H75N7O11/c1-8-10-11-12-13-14-15-16-17-18-28(4)36-26-38(57)52-40(31(7)54)45(62)49-29(5)41(58)48-30(6)42(59)50-34(23-24-37(47)56)43(60)51-35(25-32-19-21-33(55)22-20-32)44(61)53-39(27(3)9-2)46(63)64-36/h19-22,27-31,34-36,39-40,54-55H,8-18,23-26H2,1-7H3,(H2,47,56)(H,48,58)(H,49,62)(H,50,59)(H,51,60)(H,52,57)(H,53,61). The maximum atomic E-state index is 14.3. The van der Waals surface area contributed by atoms with Gasteiger partial charge in [-0.3, -0.25) is 33.6 Å². The van der Waals surface area contributed by atoms with Crippen LogP contribution in [-0.2, 0) is 49.5 Å². The molecule has 1 fully saturated rings. The van der Waals surface area contributed by atoms with Crippen molar-refractivity contribution in [1.82, 2.24) is 31.9 Å². The van der Waals surface area contributed by atoms with Crippen molar-refractivity contribution >= 4 is 47.3 Å². The Morgan fingerprint density at radius 2 is 1.22 bits per heavy atom. The minimum atomic E-state index is -1.52. The van der Waals surface area contributed by atoms with E-state index in [1.165, 1.54) is 58.6 Å². The average molecular weight is 902 g/mol. The summed E-state index contributed by atoms with van der Waals surface area (Å²) in [6, 6.07) is -2.23. The number of phenols is 1. The predicted molar refractivity (Wildman–Crippen MR) is 240 cm³/mol. The number of carbonyl (C=O) groups excluding carboxylic acids is 8. The smallest absolute Gasteiger partial charge is 0.329 e. The molecule has 2 rings (SSSR count). The van der Waals surface area contributed by atoms with E-state index in [4.69, 9.17) is 10.5 Å². The van der Waals surface area contributed by atoms with E-state index in [1.54, 1.807) is 19.1 Å². The third-order valence-electron chi connectivity index (χ3n) is 11.7. The molecule has 7 amide bonds. The van der Waals surface area contributed by atoms with Crippen molar-refractivity contribution in [1.29, 1.82) is 0 Å². The first-order valence-corrected chi connectivity index (χ1v) is 23.0. The molecule has 18 nitrogen and oxygen atoms in total. The van der Waals surface area contributed by atoms with E-state index in [9.17, 15) is 48.6 Å². The maximum Gasteiger partial charge on any atom is 0.329 e. The molecular formula is C46H75N7O11. The third kappa shape index (κ3) is 19.6. The van der Waals surface area contributed by atoms with Gasteiger partial charge in [0.2, 0.25) is 41.4 Å². The highest BCUT2D eigenvalue weighted by atomic mass is 16.5. The van der Waals surface area contributed by atoms with Crippen LogP contribution in [0.15, 0.2) is 24.3 Å². The summed E-state index contributed by atoms with van der Waals surface area (Å²) >= 11 is 0. The number of hydrogen-bond donors (Lipinski definition) is 9. The topological polar surface area (TPSA) is 284 Å². The molecular weight excluding hydrogens is 827 g/mol. The van der Waals surface area contributed by atoms with Crippen LogP contribution in [0.2, 0.25) is 0 Å². The lowest BCUT2D eigenvalue weighted by molar-refractivity contribution is -0.159. The number of cyclic esters (lactones) is 1. The van der Waals surface area contributed by atoms with Crippen molar-refractivity contribution in [3.63, 3.8) is 0 Å². The number of aromatic hydroxyl groups is 1. The Balaban J connectivity index is 2.59. The number of primary amides is 1. The van der Waals surface area contributed by atoms with Gasteiger partial charge >= 0.3 is 5.97 Å². The molecule has 0 radical (unpaired) electrons. The van der Waals surface area contributed by atoms with E-state index >= 15 is 0 Å². The van der Waals surface area contributed by atoms with Gasteiger partial charge in [-0.2, -0.15) is 0 Å². The van der Waals surface area contributed by atoms with E-state index in [0.29, 0.717) is 18.4 Å². The molecule has 1 aliphatic heterocycles. The number of ether oxygens (including phenoxy) is 1. The highest BCUT2D eigenvalue weighted by molar-refractivity contribution is 5.97. The molecule has 0 saturated carbocycles. The first-order chi connectivity index (χ1) is 30.3. The summed E-state index contributed by atoms with van der Waals surface area (Å²) in [7, 11) is 0. The summed E-state index contributed by atoms with van der Waals surface area (Å²) in [6.45, 7) is 11.5. The lowest BCUT2D eigenvalue weighted by Crippen LogP contribution is -2.60. The monoisotopic (exact) mass is 902 g/mol. The van der Waals surface area contributed by atoms with Gasteiger partial charge in [-0.1, -0.05) is 104 Å². The zero-order valence-electron chi connectivity index (χ0n) is 38.8. The van der Waals surface area contributed by atoms with Gasteiger partial charge in [0.25, 0.3) is 0 Å². The maximum absolute atomic E-state index is 14.3. The summed E-state index contributed by atoms with van der Waals surface area (Å²) in [4.78, 5) is 108. The van der Waals surface area contributed by atoms with Crippen LogP contribution in [0.4, 0.5) is 0 Å². The fourth-order valence-corrected chi connectivity index (χ4v) is 7.26. The number of nitrogens with two attached hydrogens (primary N) is 1. The number of aliphatic hydroxyl groups excluding tert-OH is 1. The number of carbonyl (C=O) groups is 8. The Morgan fingerprint density at radius 1 is 0.688 bits per heavy atom. The fourth-order valence-electron chi connectivity index (χ4n) is 7.26. The Morgan fingerprint density at radius 3 is 1.78 bits per heavy atom. The molecule has 0 aromatic heterocycles. The second-order valence-corrected chi connectivity index (χ2v) is 17.4. The molecule has 1 aromatic rings. The molecule has 0 bridgehead atoms. The van der Waals surface area contributed by atoms with Gasteiger partial charge in [0.05, 0.1) is 12.5 Å². The lowest BCUT2D eigenvalue weighted by atomic mass is 9.93. The van der Waals surface area contributed by atoms with Crippen molar-refractivity contribution in [3.05, 3.63) is 29.8 Å². The van der Waals surface area contributed by atoms with E-state index in [1.807, 2.05) is 13.8 Å². The van der Waals surface area contributed by atoms with Gasteiger partial charge in [-0.25, -0.2) is 4.79 Å². The third-order valence-corrected chi connectivity index (χ3v) is 11.7. The Labute approximate surface area is 378 Å². The van der Waals surface area contributed by atoms with Crippen molar-refractivity contribution in [2.75, 3.05) is 0 Å². The SMILES string of the molecule is CCCCCCCCCCCC(C)C1CC(=O)NC(C(C)O)C(=O)NC(C)C(=O)NC(C)C(=O)NC(CCC(N)=O)C(=O)NC(Cc2ccc(O)cc2)C(=O)NC(C(C)CC)C(=O)O1. The summed E-state index contributed by atoms with van der Waals surface area (Å²) in [5.74, 6) is -7.44. The number of rotatable bonds is 19. The summed E-state index contributed by atoms with van der Waals surface area (Å²) < 4.78 is 6.11. The minimum Gasteiger partial charge on any atom is -0.508 e. The molecule has 360 valence electrons. The minimum absolute atomic E-state index is 0.0387. The van der Waals surface area contributed by atoms with E-state index in [0.717, 1.165) is 32.1 Å². The van der Waals surface area contributed by atoms with Gasteiger partial charge in [-0.05, 0) is 63.1 Å². The van der Waals surface area contributed by atoms with Crippen LogP contribution >= 0.6 is 0 Å². The Hall–Kier alpha value is -5.26. The van der Waals surface area contributed by atoms with Gasteiger partial charge in [0, 0.05) is 12.8 Å². The van der Waals surface area contributed by atoms with Crippen LogP contribution in [-0.4, -0.2) is 106 Å². The summed E-state index contributed by atoms with van der Waals surface area (Å²) in [5.41, 5.74) is 5.91. The summed E-state index contributed by atoms with van der Waals surface area (Å²) in [6.07, 6.45) is 7.29. The second-order valence-electron chi connectivity index (χ2n) is 17.4. The largest absolute Gasteiger partial charge is 0.508 e. The number of phenolic OH excluding ortho intramolecular Hbond substituents is 1. The van der Waals surface area contributed by atoms with Crippen LogP contribution < -0.4 is 37.6 Å². The van der Waals surface area contributed by atoms with Crippen LogP contribution in [0.5, 0.6) is 5.75 Å². The molecule has 1 saturated heterocycles. The zero-order chi connectivity index (χ0) is 47.9. The number of amides is 7. The molecule has 64 heavy (non-hydrogen) atoms. The van der Waals surface area contributed by atoms with Gasteiger partial charge < -0.3 is 52.6 Å². The fraction of sp³-hybridized carbons (Fsp3) is 0.696. The van der Waals surface area contributed by atoms with Crippen molar-refractivity contribution < 1.29 is 53.3 Å². The second kappa shape index (κ2) is 28.5. The molecule has 10 atom stereocenters. The molecule has 10 N–H and O–H groups in total. The molecule has 10 unspecified atom stereocenters. The lowest BCUT2D eigenvalue weighted by Gasteiger charge is -2.31. The van der Waals surface area contributed by atoms with Gasteiger partial charge in [0.1, 0.15) is 48.1 Å². The molecule has 0 spiro atoms. The zero-order valence-corrected chi connectivity index (χ0v) is 38.8. The predicted octanol–water partition coefficient (Wildman–Crippen LogP) is 2.45. The molecule has 1 heterocycles.